The Balaban J connectivity index is 2.11. The lowest BCUT2D eigenvalue weighted by Crippen LogP contribution is -2.27. The third-order valence-corrected chi connectivity index (χ3v) is 2.67. The number of allylic oxidation sites excluding steroid dienone is 1. The highest BCUT2D eigenvalue weighted by molar-refractivity contribution is 6.00. The van der Waals surface area contributed by atoms with Gasteiger partial charge in [-0.25, -0.2) is 0 Å². The average molecular weight is 178 g/mol. The Morgan fingerprint density at radius 3 is 3.15 bits per heavy atom. The van der Waals surface area contributed by atoms with Gasteiger partial charge < -0.3 is 4.74 Å². The van der Waals surface area contributed by atoms with Crippen LogP contribution in [0.5, 0.6) is 0 Å². The molecule has 0 radical (unpaired) electrons. The molecule has 0 N–H and O–H groups in total. The minimum absolute atomic E-state index is 0.140. The molecule has 0 saturated carbocycles. The maximum atomic E-state index is 11.5. The van der Waals surface area contributed by atoms with E-state index in [0.29, 0.717) is 0 Å². The third kappa shape index (κ3) is 1.35. The summed E-state index contributed by atoms with van der Waals surface area (Å²) in [5, 5.41) is 0. The summed E-state index contributed by atoms with van der Waals surface area (Å²) in [4.78, 5) is 11.5. The van der Waals surface area contributed by atoms with Crippen LogP contribution in [-0.4, -0.2) is 17.5 Å². The zero-order valence-electron chi connectivity index (χ0n) is 8.04. The molecule has 2 rings (SSSR count). The normalized spacial score (nSPS) is 35.5. The first-order valence-electron chi connectivity index (χ1n) is 4.67. The van der Waals surface area contributed by atoms with Crippen LogP contribution in [0.2, 0.25) is 0 Å². The van der Waals surface area contributed by atoms with Crippen LogP contribution in [0.3, 0.4) is 0 Å². The maximum absolute atomic E-state index is 11.5. The van der Waals surface area contributed by atoms with Gasteiger partial charge in [0.15, 0.2) is 11.4 Å². The molecule has 0 aromatic heterocycles. The summed E-state index contributed by atoms with van der Waals surface area (Å²) in [6.45, 7) is 4.08. The summed E-state index contributed by atoms with van der Waals surface area (Å²) < 4.78 is 5.47. The fourth-order valence-electron chi connectivity index (χ4n) is 1.75. The highest BCUT2D eigenvalue weighted by atomic mass is 16.6. The summed E-state index contributed by atoms with van der Waals surface area (Å²) in [6, 6.07) is 0. The van der Waals surface area contributed by atoms with Gasteiger partial charge >= 0.3 is 0 Å². The van der Waals surface area contributed by atoms with E-state index < -0.39 is 5.60 Å². The minimum atomic E-state index is -0.466. The van der Waals surface area contributed by atoms with Crippen molar-refractivity contribution in [2.45, 2.75) is 38.4 Å². The number of ether oxygens (including phenoxy) is 1. The Bertz CT molecular complexity index is 297. The van der Waals surface area contributed by atoms with Crippen molar-refractivity contribution in [2.24, 2.45) is 0 Å². The molecule has 2 unspecified atom stereocenters. The van der Waals surface area contributed by atoms with Crippen LogP contribution in [0, 0.1) is 0 Å². The van der Waals surface area contributed by atoms with E-state index in [4.69, 9.17) is 4.74 Å². The monoisotopic (exact) mass is 178 g/mol. The smallest absolute Gasteiger partial charge is 0.190 e. The number of rotatable bonds is 2. The van der Waals surface area contributed by atoms with Crippen molar-refractivity contribution in [1.82, 2.24) is 0 Å². The molecule has 70 valence electrons. The van der Waals surface area contributed by atoms with E-state index in [1.165, 1.54) is 5.57 Å². The largest absolute Gasteiger partial charge is 0.357 e. The van der Waals surface area contributed by atoms with Gasteiger partial charge in [-0.1, -0.05) is 17.7 Å². The van der Waals surface area contributed by atoms with E-state index in [2.05, 4.69) is 6.08 Å². The number of hydrogen-bond donors (Lipinski definition) is 0. The van der Waals surface area contributed by atoms with Gasteiger partial charge in [-0.3, -0.25) is 4.79 Å². The van der Waals surface area contributed by atoms with Crippen LogP contribution in [0.25, 0.3) is 0 Å². The van der Waals surface area contributed by atoms with Crippen LogP contribution >= 0.6 is 0 Å². The molecule has 1 aliphatic heterocycles. The molecule has 2 aliphatic rings. The number of fused-ring (bicyclic) bond motifs is 1. The van der Waals surface area contributed by atoms with E-state index >= 15 is 0 Å². The number of ketones is 1. The van der Waals surface area contributed by atoms with E-state index in [9.17, 15) is 4.79 Å². The molecule has 0 amide bonds. The number of hydrogen-bond acceptors (Lipinski definition) is 2. The van der Waals surface area contributed by atoms with E-state index in [0.717, 1.165) is 12.8 Å². The Morgan fingerprint density at radius 1 is 1.77 bits per heavy atom. The predicted molar refractivity (Wildman–Crippen MR) is 50.4 cm³/mol. The molecule has 1 fully saturated rings. The fraction of sp³-hybridized carbons (Fsp3) is 0.545. The van der Waals surface area contributed by atoms with Gasteiger partial charge in [-0.05, 0) is 26.3 Å². The molecule has 2 atom stereocenters. The molecule has 2 nitrogen and oxygen atoms in total. The Hall–Kier alpha value is -0.890. The van der Waals surface area contributed by atoms with Crippen molar-refractivity contribution in [1.29, 1.82) is 0 Å². The van der Waals surface area contributed by atoms with Crippen LogP contribution < -0.4 is 0 Å². The van der Waals surface area contributed by atoms with Crippen molar-refractivity contribution in [2.75, 3.05) is 0 Å². The molecule has 1 saturated heterocycles. The Labute approximate surface area is 78.3 Å². The first-order valence-corrected chi connectivity index (χ1v) is 4.67. The summed E-state index contributed by atoms with van der Waals surface area (Å²) in [5.41, 5.74) is 0.775. The van der Waals surface area contributed by atoms with Crippen LogP contribution in [-0.2, 0) is 9.53 Å². The summed E-state index contributed by atoms with van der Waals surface area (Å²) in [7, 11) is 0. The van der Waals surface area contributed by atoms with Crippen LogP contribution in [0.4, 0.5) is 0 Å². The van der Waals surface area contributed by atoms with Gasteiger partial charge in [-0.2, -0.15) is 0 Å². The topological polar surface area (TPSA) is 29.6 Å². The highest BCUT2D eigenvalue weighted by Crippen LogP contribution is 2.46. The standard InChI is InChI=1S/C11H14O2/c1-8(2)6-7-11-9(12)4-3-5-10(11)13-11/h3-4,6,10H,5,7H2,1-2H3. The Kier molecular flexibility index (Phi) is 1.88. The lowest BCUT2D eigenvalue weighted by atomic mass is 9.89. The molecule has 1 heterocycles. The quantitative estimate of drug-likeness (QED) is 0.478. The molecule has 13 heavy (non-hydrogen) atoms. The number of epoxide rings is 1. The molecular weight excluding hydrogens is 164 g/mol. The lowest BCUT2D eigenvalue weighted by molar-refractivity contribution is -0.119. The lowest BCUT2D eigenvalue weighted by Gasteiger charge is -2.09. The number of carbonyl (C=O) groups is 1. The van der Waals surface area contributed by atoms with Gasteiger partial charge in [0, 0.05) is 6.42 Å². The van der Waals surface area contributed by atoms with Crippen molar-refractivity contribution in [3.05, 3.63) is 23.8 Å². The molecule has 0 aromatic rings. The second kappa shape index (κ2) is 2.81. The van der Waals surface area contributed by atoms with Gasteiger partial charge in [0.25, 0.3) is 0 Å². The molecule has 1 aliphatic carbocycles. The maximum Gasteiger partial charge on any atom is 0.190 e. The van der Waals surface area contributed by atoms with Crippen LogP contribution in [0.1, 0.15) is 26.7 Å². The van der Waals surface area contributed by atoms with Crippen molar-refractivity contribution < 1.29 is 9.53 Å². The van der Waals surface area contributed by atoms with E-state index in [-0.39, 0.29) is 11.9 Å². The summed E-state index contributed by atoms with van der Waals surface area (Å²) in [6.07, 6.45) is 7.42. The van der Waals surface area contributed by atoms with Crippen molar-refractivity contribution in [3.63, 3.8) is 0 Å². The van der Waals surface area contributed by atoms with E-state index in [1.54, 1.807) is 6.08 Å². The highest BCUT2D eigenvalue weighted by Gasteiger charge is 2.60. The van der Waals surface area contributed by atoms with Gasteiger partial charge in [-0.15, -0.1) is 0 Å². The molecule has 0 aromatic carbocycles. The van der Waals surface area contributed by atoms with Crippen molar-refractivity contribution >= 4 is 5.78 Å². The zero-order chi connectivity index (χ0) is 9.47. The van der Waals surface area contributed by atoms with Gasteiger partial charge in [0.05, 0.1) is 6.10 Å². The predicted octanol–water partition coefficient (Wildman–Crippen LogP) is 2.01. The third-order valence-electron chi connectivity index (χ3n) is 2.67. The Morgan fingerprint density at radius 2 is 2.54 bits per heavy atom. The molecule has 0 spiro atoms. The second-order valence-corrected chi connectivity index (χ2v) is 3.98. The average Bonchev–Trinajstić information content (AvgIpc) is 2.78. The van der Waals surface area contributed by atoms with Crippen LogP contribution in [0.15, 0.2) is 23.8 Å². The molecular formula is C11H14O2. The summed E-state index contributed by atoms with van der Waals surface area (Å²) >= 11 is 0. The zero-order valence-corrected chi connectivity index (χ0v) is 8.04. The first-order chi connectivity index (χ1) is 6.15. The van der Waals surface area contributed by atoms with Crippen molar-refractivity contribution in [3.8, 4) is 0 Å². The summed E-state index contributed by atoms with van der Waals surface area (Å²) in [5.74, 6) is 0.140. The van der Waals surface area contributed by atoms with Gasteiger partial charge in [0.2, 0.25) is 0 Å². The van der Waals surface area contributed by atoms with Gasteiger partial charge in [0.1, 0.15) is 0 Å². The minimum Gasteiger partial charge on any atom is -0.357 e. The molecule has 2 heteroatoms. The van der Waals surface area contributed by atoms with E-state index in [1.807, 2.05) is 19.9 Å². The fourth-order valence-corrected chi connectivity index (χ4v) is 1.75. The number of carbonyl (C=O) groups excluding carboxylic acids is 1. The second-order valence-electron chi connectivity index (χ2n) is 3.98. The molecule has 0 bridgehead atoms. The first kappa shape index (κ1) is 8.70. The SMILES string of the molecule is CC(C)=CCC12OC1CC=CC2=O.